The molecule has 1 fully saturated rings. The molecular weight excluding hydrogens is 562 g/mol. The Morgan fingerprint density at radius 2 is 1.17 bits per heavy atom. The Labute approximate surface area is 283 Å². The van der Waals surface area contributed by atoms with Gasteiger partial charge in [-0.05, 0) is 76.0 Å². The van der Waals surface area contributed by atoms with Crippen molar-refractivity contribution in [3.63, 3.8) is 0 Å². The van der Waals surface area contributed by atoms with Gasteiger partial charge >= 0.3 is 0 Å². The first-order valence-electron chi connectivity index (χ1n) is 17.9. The molecule has 1 aliphatic carbocycles. The van der Waals surface area contributed by atoms with Gasteiger partial charge in [-0.1, -0.05) is 134 Å². The second kappa shape index (κ2) is 14.7. The molecule has 0 amide bonds. The molecule has 46 heavy (non-hydrogen) atoms. The van der Waals surface area contributed by atoms with Gasteiger partial charge in [0.05, 0.1) is 20.3 Å². The van der Waals surface area contributed by atoms with Gasteiger partial charge in [-0.3, -0.25) is 4.99 Å². The molecule has 1 saturated carbocycles. The Bertz CT molecular complexity index is 1370. The van der Waals surface area contributed by atoms with Gasteiger partial charge in [0.2, 0.25) is 0 Å². The van der Waals surface area contributed by atoms with E-state index in [1.54, 1.807) is 7.11 Å². The molecule has 0 heterocycles. The van der Waals surface area contributed by atoms with Crippen molar-refractivity contribution in [2.24, 2.45) is 16.8 Å². The second-order valence-corrected chi connectivity index (χ2v) is 17.9. The van der Waals surface area contributed by atoms with Crippen LogP contribution in [-0.4, -0.2) is 26.5 Å². The van der Waals surface area contributed by atoms with Crippen molar-refractivity contribution in [1.29, 1.82) is 0 Å². The Kier molecular flexibility index (Phi) is 12.1. The summed E-state index contributed by atoms with van der Waals surface area (Å²) >= 11 is 0. The highest BCUT2D eigenvalue weighted by atomic mass is 16.5. The van der Waals surface area contributed by atoms with Gasteiger partial charge in [-0.2, -0.15) is 0 Å². The minimum absolute atomic E-state index is 0.00278. The van der Waals surface area contributed by atoms with Crippen LogP contribution in [0.5, 0.6) is 11.5 Å². The van der Waals surface area contributed by atoms with E-state index in [1.165, 1.54) is 47.1 Å². The first kappa shape index (κ1) is 37.9. The van der Waals surface area contributed by atoms with Crippen LogP contribution in [0.15, 0.2) is 35.3 Å². The summed E-state index contributed by atoms with van der Waals surface area (Å²) < 4.78 is 12.1. The monoisotopic (exact) mass is 630 g/mol. The Hall–Kier alpha value is -2.55. The number of allylic oxidation sites excluding steroid dienone is 1. The van der Waals surface area contributed by atoms with Crippen molar-refractivity contribution in [3.8, 4) is 11.5 Å². The van der Waals surface area contributed by atoms with Crippen molar-refractivity contribution < 1.29 is 9.47 Å². The lowest BCUT2D eigenvalue weighted by molar-refractivity contribution is 0.212. The van der Waals surface area contributed by atoms with Crippen LogP contribution in [0, 0.1) is 11.8 Å². The molecular formula is C43H67NO2. The van der Waals surface area contributed by atoms with Crippen LogP contribution >= 0.6 is 0 Å². The predicted octanol–water partition coefficient (Wildman–Crippen LogP) is 12.0. The molecule has 3 rings (SSSR count). The molecule has 2 aromatic rings. The summed E-state index contributed by atoms with van der Waals surface area (Å²) in [5, 5.41) is 0. The van der Waals surface area contributed by atoms with Crippen molar-refractivity contribution in [2.75, 3.05) is 14.2 Å². The molecule has 256 valence electrons. The molecule has 1 aliphatic rings. The van der Waals surface area contributed by atoms with Crippen LogP contribution < -0.4 is 9.47 Å². The number of nitrogens with zero attached hydrogens (tertiary/aromatic N) is 1. The second-order valence-electron chi connectivity index (χ2n) is 17.9. The lowest BCUT2D eigenvalue weighted by Gasteiger charge is -2.34. The summed E-state index contributed by atoms with van der Waals surface area (Å²) in [6, 6.07) is 9.67. The fourth-order valence-electron chi connectivity index (χ4n) is 7.02. The molecule has 0 N–H and O–H groups in total. The summed E-state index contributed by atoms with van der Waals surface area (Å²) in [6.07, 6.45) is 14.0. The fourth-order valence-corrected chi connectivity index (χ4v) is 7.02. The zero-order valence-electron chi connectivity index (χ0n) is 32.3. The zero-order chi connectivity index (χ0) is 34.7. The summed E-state index contributed by atoms with van der Waals surface area (Å²) in [5.74, 6) is 3.13. The minimum Gasteiger partial charge on any atom is -0.496 e. The van der Waals surface area contributed by atoms with E-state index in [4.69, 9.17) is 14.5 Å². The van der Waals surface area contributed by atoms with Crippen LogP contribution in [0.4, 0.5) is 0 Å². The van der Waals surface area contributed by atoms with Gasteiger partial charge in [0.25, 0.3) is 0 Å². The highest BCUT2D eigenvalue weighted by Crippen LogP contribution is 2.41. The predicted molar refractivity (Wildman–Crippen MR) is 202 cm³/mol. The third-order valence-corrected chi connectivity index (χ3v) is 10.0. The van der Waals surface area contributed by atoms with E-state index in [2.05, 4.69) is 133 Å². The first-order chi connectivity index (χ1) is 21.2. The lowest BCUT2D eigenvalue weighted by atomic mass is 9.74. The third-order valence-electron chi connectivity index (χ3n) is 10.0. The molecule has 2 unspecified atom stereocenters. The molecule has 0 bridgehead atoms. The maximum absolute atomic E-state index is 6.07. The molecule has 3 nitrogen and oxygen atoms in total. The van der Waals surface area contributed by atoms with Crippen LogP contribution in [0.2, 0.25) is 0 Å². The molecule has 2 aromatic carbocycles. The van der Waals surface area contributed by atoms with E-state index >= 15 is 0 Å². The SMILES string of the molecule is CC[C@H](C/C=C\c1cc(C(C)(C)C)cc(C(C)(C)C)c1OC)C1CCCCC1/N=C/c1cc(C(C)(C)C)cc(C(C)(C)C)c1OC. The van der Waals surface area contributed by atoms with Crippen molar-refractivity contribution in [1.82, 2.24) is 0 Å². The molecule has 0 radical (unpaired) electrons. The van der Waals surface area contributed by atoms with E-state index in [9.17, 15) is 0 Å². The molecule has 0 aromatic heterocycles. The number of rotatable bonds is 9. The minimum atomic E-state index is -0.0229. The first-order valence-corrected chi connectivity index (χ1v) is 17.9. The molecule has 0 saturated heterocycles. The summed E-state index contributed by atoms with van der Waals surface area (Å²) in [4.78, 5) is 5.38. The number of ether oxygens (including phenoxy) is 2. The van der Waals surface area contributed by atoms with E-state index in [1.807, 2.05) is 7.11 Å². The van der Waals surface area contributed by atoms with Crippen LogP contribution in [0.3, 0.4) is 0 Å². The van der Waals surface area contributed by atoms with Gasteiger partial charge < -0.3 is 9.47 Å². The van der Waals surface area contributed by atoms with E-state index in [0.29, 0.717) is 17.9 Å². The summed E-state index contributed by atoms with van der Waals surface area (Å²) in [7, 11) is 3.62. The van der Waals surface area contributed by atoms with E-state index in [-0.39, 0.29) is 21.7 Å². The van der Waals surface area contributed by atoms with Gasteiger partial charge in [-0.15, -0.1) is 0 Å². The van der Waals surface area contributed by atoms with Gasteiger partial charge in [-0.25, -0.2) is 0 Å². The quantitative estimate of drug-likeness (QED) is 0.258. The lowest BCUT2D eigenvalue weighted by Crippen LogP contribution is -2.30. The van der Waals surface area contributed by atoms with Gasteiger partial charge in [0.15, 0.2) is 0 Å². The Morgan fingerprint density at radius 3 is 1.63 bits per heavy atom. The summed E-state index contributed by atoms with van der Waals surface area (Å²) in [5.41, 5.74) is 7.59. The molecule has 3 heteroatoms. The number of methoxy groups -OCH3 is 2. The standard InChI is InChI=1S/C43H67NO2/c1-16-29(20-19-21-30-24-32(40(2,3)4)26-35(38(30)45-14)42(8,9)10)34-22-17-18-23-37(34)44-28-31-25-33(41(5,6)7)27-36(39(31)46-15)43(11,12)13/h19,21,24-29,34,37H,16-18,20,22-23H2,1-15H3/b21-19-,44-28+/t29-,34?,37?/m1/s1. The number of benzene rings is 2. The van der Waals surface area contributed by atoms with Crippen LogP contribution in [0.1, 0.15) is 162 Å². The maximum atomic E-state index is 6.07. The molecule has 3 atom stereocenters. The highest BCUT2D eigenvalue weighted by Gasteiger charge is 2.31. The van der Waals surface area contributed by atoms with Crippen molar-refractivity contribution in [3.05, 3.63) is 63.7 Å². The van der Waals surface area contributed by atoms with Gasteiger partial charge in [0, 0.05) is 28.5 Å². The van der Waals surface area contributed by atoms with E-state index < -0.39 is 0 Å². The van der Waals surface area contributed by atoms with Crippen molar-refractivity contribution >= 4 is 12.3 Å². The highest BCUT2D eigenvalue weighted by molar-refractivity contribution is 5.85. The van der Waals surface area contributed by atoms with Gasteiger partial charge in [0.1, 0.15) is 11.5 Å². The number of hydrogen-bond acceptors (Lipinski definition) is 3. The summed E-state index contributed by atoms with van der Waals surface area (Å²) in [6.45, 7) is 29.8. The Morgan fingerprint density at radius 1 is 0.696 bits per heavy atom. The fraction of sp³-hybridized carbons (Fsp3) is 0.651. The number of aliphatic imine (C=N–C) groups is 1. The average Bonchev–Trinajstić information content (AvgIpc) is 2.95. The Balaban J connectivity index is 1.96. The van der Waals surface area contributed by atoms with Crippen LogP contribution in [0.25, 0.3) is 6.08 Å². The number of hydrogen-bond donors (Lipinski definition) is 0. The maximum Gasteiger partial charge on any atom is 0.131 e. The smallest absolute Gasteiger partial charge is 0.131 e. The van der Waals surface area contributed by atoms with Crippen LogP contribution in [-0.2, 0) is 21.7 Å². The molecule has 0 spiro atoms. The van der Waals surface area contributed by atoms with E-state index in [0.717, 1.165) is 36.3 Å². The molecule has 0 aliphatic heterocycles. The normalized spacial score (nSPS) is 19.2. The zero-order valence-corrected chi connectivity index (χ0v) is 32.3. The largest absolute Gasteiger partial charge is 0.496 e. The third kappa shape index (κ3) is 9.29. The average molecular weight is 630 g/mol. The van der Waals surface area contributed by atoms with Crippen molar-refractivity contribution in [2.45, 2.75) is 156 Å². The topological polar surface area (TPSA) is 30.8 Å².